The number of benzene rings is 2. The standard InChI is InChI=1S/C18H21N3O5S/c19-27(24,25)17-10-15(9-16(11-17)21(22)23)20-12-14-7-4-8-26-18(14)13-5-2-1-3-6-13/h1-3,5-6,9-11,14,18,20H,4,7-8,12H2,(H2,19,24,25). The van der Waals surface area contributed by atoms with E-state index in [-0.39, 0.29) is 22.6 Å². The first-order chi connectivity index (χ1) is 12.8. The third kappa shape index (κ3) is 4.82. The van der Waals surface area contributed by atoms with Crippen LogP contribution in [0.1, 0.15) is 24.5 Å². The number of ether oxygens (including phenoxy) is 1. The summed E-state index contributed by atoms with van der Waals surface area (Å²) in [5, 5.41) is 19.3. The van der Waals surface area contributed by atoms with Gasteiger partial charge in [0.1, 0.15) is 0 Å². The molecule has 1 saturated heterocycles. The van der Waals surface area contributed by atoms with Crippen LogP contribution in [0.25, 0.3) is 0 Å². The van der Waals surface area contributed by atoms with Crippen LogP contribution in [0.2, 0.25) is 0 Å². The molecule has 2 atom stereocenters. The largest absolute Gasteiger partial charge is 0.384 e. The van der Waals surface area contributed by atoms with Crippen molar-refractivity contribution >= 4 is 21.4 Å². The number of nitro groups is 1. The Hall–Kier alpha value is -2.49. The Kier molecular flexibility index (Phi) is 5.73. The number of nitrogens with two attached hydrogens (primary N) is 1. The molecule has 1 heterocycles. The fourth-order valence-corrected chi connectivity index (χ4v) is 3.84. The van der Waals surface area contributed by atoms with Gasteiger partial charge in [0.25, 0.3) is 5.69 Å². The summed E-state index contributed by atoms with van der Waals surface area (Å²) < 4.78 is 29.2. The van der Waals surface area contributed by atoms with E-state index in [1.807, 2.05) is 30.3 Å². The highest BCUT2D eigenvalue weighted by Crippen LogP contribution is 2.34. The molecular weight excluding hydrogens is 370 g/mol. The fourth-order valence-electron chi connectivity index (χ4n) is 3.27. The van der Waals surface area contributed by atoms with E-state index in [0.29, 0.717) is 18.8 Å². The molecule has 0 radical (unpaired) electrons. The molecule has 0 saturated carbocycles. The van der Waals surface area contributed by atoms with Crippen molar-refractivity contribution in [2.45, 2.75) is 23.8 Å². The Labute approximate surface area is 157 Å². The van der Waals surface area contributed by atoms with Crippen LogP contribution in [-0.2, 0) is 14.8 Å². The second-order valence-electron chi connectivity index (χ2n) is 6.50. The quantitative estimate of drug-likeness (QED) is 0.576. The Morgan fingerprint density at radius 2 is 1.96 bits per heavy atom. The lowest BCUT2D eigenvalue weighted by molar-refractivity contribution is -0.385. The van der Waals surface area contributed by atoms with Crippen molar-refractivity contribution < 1.29 is 18.1 Å². The van der Waals surface area contributed by atoms with Gasteiger partial charge in [-0.1, -0.05) is 30.3 Å². The van der Waals surface area contributed by atoms with Crippen molar-refractivity contribution in [3.05, 3.63) is 64.2 Å². The zero-order chi connectivity index (χ0) is 19.4. The van der Waals surface area contributed by atoms with Crippen LogP contribution < -0.4 is 10.5 Å². The maximum Gasteiger partial charge on any atom is 0.272 e. The summed E-state index contributed by atoms with van der Waals surface area (Å²) in [5.41, 5.74) is 1.09. The summed E-state index contributed by atoms with van der Waals surface area (Å²) in [6.07, 6.45) is 1.78. The number of nitrogens with one attached hydrogen (secondary N) is 1. The number of non-ortho nitro benzene ring substituents is 1. The Morgan fingerprint density at radius 1 is 1.22 bits per heavy atom. The summed E-state index contributed by atoms with van der Waals surface area (Å²) in [4.78, 5) is 10.2. The molecule has 2 aromatic carbocycles. The van der Waals surface area contributed by atoms with Crippen LogP contribution in [0.5, 0.6) is 0 Å². The van der Waals surface area contributed by atoms with E-state index in [1.54, 1.807) is 0 Å². The van der Waals surface area contributed by atoms with E-state index in [4.69, 9.17) is 9.88 Å². The van der Waals surface area contributed by atoms with Gasteiger partial charge < -0.3 is 10.1 Å². The average molecular weight is 391 g/mol. The molecule has 0 aromatic heterocycles. The van der Waals surface area contributed by atoms with E-state index in [9.17, 15) is 18.5 Å². The van der Waals surface area contributed by atoms with Gasteiger partial charge in [-0.25, -0.2) is 13.6 Å². The first kappa shape index (κ1) is 19.3. The van der Waals surface area contributed by atoms with Crippen molar-refractivity contribution in [1.29, 1.82) is 0 Å². The minimum Gasteiger partial charge on any atom is -0.384 e. The Bertz CT molecular complexity index is 918. The molecule has 9 heteroatoms. The van der Waals surface area contributed by atoms with Crippen molar-refractivity contribution in [1.82, 2.24) is 0 Å². The maximum absolute atomic E-state index is 11.6. The number of primary sulfonamides is 1. The second-order valence-corrected chi connectivity index (χ2v) is 8.06. The fraction of sp³-hybridized carbons (Fsp3) is 0.333. The van der Waals surface area contributed by atoms with E-state index in [1.165, 1.54) is 12.1 Å². The Morgan fingerprint density at radius 3 is 2.63 bits per heavy atom. The summed E-state index contributed by atoms with van der Waals surface area (Å²) in [7, 11) is -4.05. The second kappa shape index (κ2) is 8.03. The van der Waals surface area contributed by atoms with Crippen LogP contribution in [0.15, 0.2) is 53.4 Å². The van der Waals surface area contributed by atoms with Gasteiger partial charge in [0.15, 0.2) is 0 Å². The van der Waals surface area contributed by atoms with E-state index in [0.717, 1.165) is 24.5 Å². The van der Waals surface area contributed by atoms with Gasteiger partial charge in [-0.2, -0.15) is 0 Å². The number of anilines is 1. The number of nitrogens with zero attached hydrogens (tertiary/aromatic N) is 1. The molecule has 2 aromatic rings. The number of sulfonamides is 1. The highest BCUT2D eigenvalue weighted by Gasteiger charge is 2.27. The zero-order valence-electron chi connectivity index (χ0n) is 14.6. The summed E-state index contributed by atoms with van der Waals surface area (Å²) in [5.74, 6) is 0.151. The van der Waals surface area contributed by atoms with Crippen LogP contribution in [0.3, 0.4) is 0 Å². The van der Waals surface area contributed by atoms with Gasteiger partial charge in [-0.05, 0) is 24.5 Å². The molecule has 8 nitrogen and oxygen atoms in total. The Balaban J connectivity index is 1.80. The number of hydrogen-bond donors (Lipinski definition) is 2. The van der Waals surface area contributed by atoms with Crippen molar-refractivity contribution in [3.8, 4) is 0 Å². The van der Waals surface area contributed by atoms with Crippen LogP contribution in [-0.4, -0.2) is 26.5 Å². The first-order valence-electron chi connectivity index (χ1n) is 8.57. The maximum atomic E-state index is 11.6. The predicted molar refractivity (Wildman–Crippen MR) is 101 cm³/mol. The molecular formula is C18H21N3O5S. The highest BCUT2D eigenvalue weighted by molar-refractivity contribution is 7.89. The van der Waals surface area contributed by atoms with Gasteiger partial charge in [0, 0.05) is 36.9 Å². The lowest BCUT2D eigenvalue weighted by Gasteiger charge is -2.32. The average Bonchev–Trinajstić information content (AvgIpc) is 2.66. The third-order valence-electron chi connectivity index (χ3n) is 4.57. The normalized spacial score (nSPS) is 20.2. The molecule has 144 valence electrons. The van der Waals surface area contributed by atoms with Crippen LogP contribution >= 0.6 is 0 Å². The summed E-state index contributed by atoms with van der Waals surface area (Å²) in [6.45, 7) is 1.17. The van der Waals surface area contributed by atoms with Crippen molar-refractivity contribution in [2.24, 2.45) is 11.1 Å². The van der Waals surface area contributed by atoms with E-state index < -0.39 is 14.9 Å². The SMILES string of the molecule is NS(=O)(=O)c1cc(NCC2CCCOC2c2ccccc2)cc([N+](=O)[O-])c1. The minimum atomic E-state index is -4.05. The predicted octanol–water partition coefficient (Wildman–Crippen LogP) is 2.82. The first-order valence-corrected chi connectivity index (χ1v) is 10.1. The summed E-state index contributed by atoms with van der Waals surface area (Å²) >= 11 is 0. The van der Waals surface area contributed by atoms with Gasteiger partial charge in [0.2, 0.25) is 10.0 Å². The summed E-state index contributed by atoms with van der Waals surface area (Å²) in [6, 6.07) is 13.4. The molecule has 2 unspecified atom stereocenters. The molecule has 0 spiro atoms. The number of rotatable bonds is 6. The number of hydrogen-bond acceptors (Lipinski definition) is 6. The molecule has 1 aliphatic rings. The van der Waals surface area contributed by atoms with E-state index in [2.05, 4.69) is 5.32 Å². The smallest absolute Gasteiger partial charge is 0.272 e. The zero-order valence-corrected chi connectivity index (χ0v) is 15.4. The molecule has 3 rings (SSSR count). The molecule has 3 N–H and O–H groups in total. The van der Waals surface area contributed by atoms with Gasteiger partial charge >= 0.3 is 0 Å². The van der Waals surface area contributed by atoms with Gasteiger partial charge in [0.05, 0.1) is 15.9 Å². The lowest BCUT2D eigenvalue weighted by Crippen LogP contribution is -2.28. The van der Waals surface area contributed by atoms with Gasteiger partial charge in [-0.15, -0.1) is 0 Å². The van der Waals surface area contributed by atoms with Crippen molar-refractivity contribution in [2.75, 3.05) is 18.5 Å². The highest BCUT2D eigenvalue weighted by atomic mass is 32.2. The monoisotopic (exact) mass is 391 g/mol. The van der Waals surface area contributed by atoms with Crippen LogP contribution in [0, 0.1) is 16.0 Å². The van der Waals surface area contributed by atoms with Crippen LogP contribution in [0.4, 0.5) is 11.4 Å². The van der Waals surface area contributed by atoms with E-state index >= 15 is 0 Å². The molecule has 1 fully saturated rings. The molecule has 0 aliphatic carbocycles. The molecule has 0 amide bonds. The lowest BCUT2D eigenvalue weighted by atomic mass is 9.89. The third-order valence-corrected chi connectivity index (χ3v) is 5.46. The van der Waals surface area contributed by atoms with Crippen molar-refractivity contribution in [3.63, 3.8) is 0 Å². The molecule has 27 heavy (non-hydrogen) atoms. The number of nitro benzene ring substituents is 1. The topological polar surface area (TPSA) is 125 Å². The molecule has 1 aliphatic heterocycles. The molecule has 0 bridgehead atoms. The van der Waals surface area contributed by atoms with Gasteiger partial charge in [-0.3, -0.25) is 10.1 Å². The minimum absolute atomic E-state index is 0.0798.